The molecule has 234 valence electrons. The molecular formula is C36H30O10. The summed E-state index contributed by atoms with van der Waals surface area (Å²) in [6.07, 6.45) is 4.64. The molecule has 1 unspecified atom stereocenters. The van der Waals surface area contributed by atoms with Crippen molar-refractivity contribution in [1.29, 1.82) is 0 Å². The van der Waals surface area contributed by atoms with E-state index < -0.39 is 18.3 Å². The van der Waals surface area contributed by atoms with Gasteiger partial charge in [0.05, 0.1) is 20.5 Å². The topological polar surface area (TPSA) is 116 Å². The summed E-state index contributed by atoms with van der Waals surface area (Å²) in [5.41, 5.74) is 5.88. The fourth-order valence-electron chi connectivity index (χ4n) is 4.76. The van der Waals surface area contributed by atoms with E-state index >= 15 is 0 Å². The first-order valence-electron chi connectivity index (χ1n) is 14.1. The minimum atomic E-state index is -0.807. The van der Waals surface area contributed by atoms with E-state index in [9.17, 15) is 14.4 Å². The second-order valence-electron chi connectivity index (χ2n) is 9.96. The molecule has 0 spiro atoms. The summed E-state index contributed by atoms with van der Waals surface area (Å²) in [6.45, 7) is 2.10. The number of hydrogen-bond donors (Lipinski definition) is 0. The van der Waals surface area contributed by atoms with E-state index in [0.717, 1.165) is 33.4 Å². The molecule has 4 aromatic rings. The van der Waals surface area contributed by atoms with Gasteiger partial charge in [0.25, 0.3) is 0 Å². The van der Waals surface area contributed by atoms with Crippen molar-refractivity contribution in [3.63, 3.8) is 0 Å². The largest absolute Gasteiger partial charge is 0.513 e. The van der Waals surface area contributed by atoms with Crippen LogP contribution in [0.4, 0.5) is 9.59 Å². The molecule has 0 amide bonds. The van der Waals surface area contributed by atoms with Crippen LogP contribution in [0.25, 0.3) is 23.3 Å². The van der Waals surface area contributed by atoms with E-state index in [2.05, 4.69) is 16.4 Å². The van der Waals surface area contributed by atoms with Gasteiger partial charge in [-0.15, -0.1) is 0 Å². The number of rotatable bonds is 10. The zero-order valence-electron chi connectivity index (χ0n) is 25.3. The molecule has 0 saturated heterocycles. The van der Waals surface area contributed by atoms with E-state index in [0.29, 0.717) is 23.0 Å². The molecule has 1 aliphatic rings. The number of carbonyl (C=O) groups is 3. The highest BCUT2D eigenvalue weighted by Crippen LogP contribution is 2.47. The van der Waals surface area contributed by atoms with Crippen molar-refractivity contribution in [2.24, 2.45) is 0 Å². The average molecular weight is 623 g/mol. The van der Waals surface area contributed by atoms with Gasteiger partial charge in [0.2, 0.25) is 6.79 Å². The smallest absolute Gasteiger partial charge is 0.465 e. The molecule has 4 aromatic carbocycles. The van der Waals surface area contributed by atoms with Gasteiger partial charge < -0.3 is 33.2 Å². The molecule has 0 radical (unpaired) electrons. The SMILES string of the molecule is COC(=O)Oc1ccc(C=COCOc2ccc3c(c2)C(C)c2cc(OC(=O)C=Cc4ccc(OC(=O)OC)cc4)ccc2-3)cc1. The van der Waals surface area contributed by atoms with Gasteiger partial charge in [0, 0.05) is 12.0 Å². The maximum atomic E-state index is 12.5. The predicted molar refractivity (Wildman–Crippen MR) is 169 cm³/mol. The minimum absolute atomic E-state index is 0.0131. The Morgan fingerprint density at radius 3 is 1.70 bits per heavy atom. The van der Waals surface area contributed by atoms with Crippen LogP contribution in [0.2, 0.25) is 0 Å². The van der Waals surface area contributed by atoms with E-state index in [1.54, 1.807) is 66.7 Å². The lowest BCUT2D eigenvalue weighted by molar-refractivity contribution is -0.128. The number of benzene rings is 4. The number of ether oxygens (including phenoxy) is 7. The van der Waals surface area contributed by atoms with Gasteiger partial charge in [-0.1, -0.05) is 43.3 Å². The first-order chi connectivity index (χ1) is 22.3. The van der Waals surface area contributed by atoms with Crippen LogP contribution in [0, 0.1) is 0 Å². The molecule has 0 fully saturated rings. The minimum Gasteiger partial charge on any atom is -0.465 e. The Morgan fingerprint density at radius 1 is 0.630 bits per heavy atom. The molecule has 0 heterocycles. The summed E-state index contributed by atoms with van der Waals surface area (Å²) in [6, 6.07) is 24.9. The van der Waals surface area contributed by atoms with Gasteiger partial charge >= 0.3 is 18.3 Å². The van der Waals surface area contributed by atoms with E-state index in [-0.39, 0.29) is 12.7 Å². The van der Waals surface area contributed by atoms with E-state index in [1.807, 2.05) is 30.3 Å². The second kappa shape index (κ2) is 14.6. The molecule has 0 N–H and O–H groups in total. The third-order valence-electron chi connectivity index (χ3n) is 7.05. The highest BCUT2D eigenvalue weighted by molar-refractivity contribution is 5.89. The molecule has 0 saturated carbocycles. The number of hydrogen-bond acceptors (Lipinski definition) is 10. The van der Waals surface area contributed by atoms with Gasteiger partial charge in [-0.3, -0.25) is 0 Å². The normalized spacial score (nSPS) is 13.1. The van der Waals surface area contributed by atoms with E-state index in [1.165, 1.54) is 26.6 Å². The first kappa shape index (κ1) is 31.4. The molecule has 0 aliphatic heterocycles. The maximum absolute atomic E-state index is 12.5. The Morgan fingerprint density at radius 2 is 1.13 bits per heavy atom. The summed E-state index contributed by atoms with van der Waals surface area (Å²) in [4.78, 5) is 34.9. The first-order valence-corrected chi connectivity index (χ1v) is 14.1. The number of fused-ring (bicyclic) bond motifs is 3. The van der Waals surface area contributed by atoms with Crippen LogP contribution in [-0.4, -0.2) is 39.3 Å². The third kappa shape index (κ3) is 7.92. The monoisotopic (exact) mass is 622 g/mol. The molecule has 1 aliphatic carbocycles. The summed E-state index contributed by atoms with van der Waals surface area (Å²) >= 11 is 0. The second-order valence-corrected chi connectivity index (χ2v) is 9.96. The summed E-state index contributed by atoms with van der Waals surface area (Å²) in [7, 11) is 2.48. The molecule has 46 heavy (non-hydrogen) atoms. The van der Waals surface area contributed by atoms with Gasteiger partial charge in [0.15, 0.2) is 0 Å². The Balaban J connectivity index is 1.13. The van der Waals surface area contributed by atoms with Crippen molar-refractivity contribution in [3.8, 4) is 34.1 Å². The van der Waals surface area contributed by atoms with Gasteiger partial charge in [0.1, 0.15) is 23.0 Å². The Bertz CT molecular complexity index is 1770. The van der Waals surface area contributed by atoms with Crippen LogP contribution < -0.4 is 18.9 Å². The highest BCUT2D eigenvalue weighted by Gasteiger charge is 2.26. The maximum Gasteiger partial charge on any atom is 0.513 e. The van der Waals surface area contributed by atoms with Gasteiger partial charge in [-0.2, -0.15) is 0 Å². The standard InChI is InChI=1S/C36H30O10/c1-23-32-20-28(43-22-42-19-18-25-6-11-27(12-7-25)46-36(39)41-3)13-15-30(32)31-16-14-29(21-33(23)31)44-34(37)17-8-24-4-9-26(10-5-24)45-35(38)40-2/h4-21,23H,22H2,1-3H3. The molecule has 1 atom stereocenters. The van der Waals surface area contributed by atoms with Crippen LogP contribution in [0.15, 0.2) is 97.3 Å². The van der Waals surface area contributed by atoms with Crippen LogP contribution in [0.3, 0.4) is 0 Å². The average Bonchev–Trinajstić information content (AvgIpc) is 3.35. The molecule has 0 aromatic heterocycles. The fraction of sp³-hybridized carbons (Fsp3) is 0.139. The Hall–Kier alpha value is -6.03. The van der Waals surface area contributed by atoms with Gasteiger partial charge in [-0.25, -0.2) is 14.4 Å². The van der Waals surface area contributed by atoms with Crippen LogP contribution in [0.1, 0.15) is 35.1 Å². The highest BCUT2D eigenvalue weighted by atomic mass is 16.7. The van der Waals surface area contributed by atoms with Crippen molar-refractivity contribution in [2.75, 3.05) is 21.0 Å². The molecular weight excluding hydrogens is 592 g/mol. The molecule has 0 bridgehead atoms. The summed E-state index contributed by atoms with van der Waals surface area (Å²) in [5, 5.41) is 0. The van der Waals surface area contributed by atoms with Crippen LogP contribution in [0.5, 0.6) is 23.0 Å². The lowest BCUT2D eigenvalue weighted by atomic mass is 9.99. The van der Waals surface area contributed by atoms with Crippen molar-refractivity contribution in [1.82, 2.24) is 0 Å². The molecule has 5 rings (SSSR count). The Kier molecular flexibility index (Phi) is 9.99. The van der Waals surface area contributed by atoms with Crippen LogP contribution in [-0.2, 0) is 19.0 Å². The van der Waals surface area contributed by atoms with Crippen molar-refractivity contribution in [2.45, 2.75) is 12.8 Å². The molecule has 10 nitrogen and oxygen atoms in total. The fourth-order valence-corrected chi connectivity index (χ4v) is 4.76. The predicted octanol–water partition coefficient (Wildman–Crippen LogP) is 7.75. The third-order valence-corrected chi connectivity index (χ3v) is 7.05. The zero-order chi connectivity index (χ0) is 32.5. The number of esters is 1. The van der Waals surface area contributed by atoms with Crippen molar-refractivity contribution in [3.05, 3.63) is 120 Å². The van der Waals surface area contributed by atoms with Crippen LogP contribution >= 0.6 is 0 Å². The van der Waals surface area contributed by atoms with E-state index in [4.69, 9.17) is 23.7 Å². The lowest BCUT2D eigenvalue weighted by Gasteiger charge is -2.10. The lowest BCUT2D eigenvalue weighted by Crippen LogP contribution is -2.07. The Labute approximate surface area is 265 Å². The quantitative estimate of drug-likeness (QED) is 0.0331. The summed E-state index contributed by atoms with van der Waals surface area (Å²) in [5.74, 6) is 1.35. The van der Waals surface area contributed by atoms with Crippen molar-refractivity contribution < 1.29 is 47.5 Å². The van der Waals surface area contributed by atoms with Gasteiger partial charge in [-0.05, 0) is 94.1 Å². The number of methoxy groups -OCH3 is 2. The number of carbonyl (C=O) groups excluding carboxylic acids is 3. The summed E-state index contributed by atoms with van der Waals surface area (Å²) < 4.78 is 35.7. The molecule has 10 heteroatoms. The van der Waals surface area contributed by atoms with Crippen molar-refractivity contribution >= 4 is 30.4 Å². The zero-order valence-corrected chi connectivity index (χ0v) is 25.3.